The highest BCUT2D eigenvalue weighted by Gasteiger charge is 2.18. The largest absolute Gasteiger partial charge is 0.493 e. The molecule has 2 N–H and O–H groups in total. The SMILES string of the molecule is Nc1ccc(Br)cc1S(=O)(=O)CCOc1ccc(Br)cc1. The van der Waals surface area contributed by atoms with E-state index in [2.05, 4.69) is 31.9 Å². The minimum Gasteiger partial charge on any atom is -0.493 e. The first kappa shape index (κ1) is 16.3. The molecular weight excluding hydrogens is 422 g/mol. The molecule has 112 valence electrons. The van der Waals surface area contributed by atoms with Crippen LogP contribution in [-0.2, 0) is 9.84 Å². The lowest BCUT2D eigenvalue weighted by molar-refractivity contribution is 0.341. The van der Waals surface area contributed by atoms with Crippen molar-refractivity contribution in [1.29, 1.82) is 0 Å². The van der Waals surface area contributed by atoms with Gasteiger partial charge in [-0.3, -0.25) is 0 Å². The molecule has 0 fully saturated rings. The average Bonchev–Trinajstić information content (AvgIpc) is 2.43. The Labute approximate surface area is 140 Å². The summed E-state index contributed by atoms with van der Waals surface area (Å²) >= 11 is 6.57. The van der Waals surface area contributed by atoms with E-state index in [1.165, 1.54) is 6.07 Å². The number of nitrogens with two attached hydrogens (primary N) is 1. The van der Waals surface area contributed by atoms with Crippen LogP contribution in [0.1, 0.15) is 0 Å². The zero-order valence-electron chi connectivity index (χ0n) is 10.9. The second-order valence-electron chi connectivity index (χ2n) is 4.30. The molecule has 0 saturated carbocycles. The van der Waals surface area contributed by atoms with Gasteiger partial charge in [0, 0.05) is 8.95 Å². The molecule has 2 aromatic rings. The maximum atomic E-state index is 12.3. The van der Waals surface area contributed by atoms with Crippen molar-refractivity contribution in [2.45, 2.75) is 4.90 Å². The second kappa shape index (κ2) is 6.81. The van der Waals surface area contributed by atoms with Gasteiger partial charge >= 0.3 is 0 Å². The summed E-state index contributed by atoms with van der Waals surface area (Å²) in [5.41, 5.74) is 5.97. The molecule has 0 aromatic heterocycles. The van der Waals surface area contributed by atoms with E-state index in [-0.39, 0.29) is 22.9 Å². The molecular formula is C14H13Br2NO3S. The first-order valence-electron chi connectivity index (χ1n) is 6.04. The van der Waals surface area contributed by atoms with E-state index in [1.807, 2.05) is 12.1 Å². The normalized spacial score (nSPS) is 11.3. The van der Waals surface area contributed by atoms with E-state index in [1.54, 1.807) is 24.3 Å². The number of sulfone groups is 1. The Kier molecular flexibility index (Phi) is 5.29. The number of hydrogen-bond donors (Lipinski definition) is 1. The van der Waals surface area contributed by atoms with Crippen molar-refractivity contribution in [3.63, 3.8) is 0 Å². The Balaban J connectivity index is 2.04. The molecule has 0 atom stereocenters. The van der Waals surface area contributed by atoms with Gasteiger partial charge in [0.1, 0.15) is 12.4 Å². The van der Waals surface area contributed by atoms with E-state index >= 15 is 0 Å². The number of rotatable bonds is 5. The van der Waals surface area contributed by atoms with E-state index in [0.717, 1.165) is 4.47 Å². The molecule has 0 bridgehead atoms. The smallest absolute Gasteiger partial charge is 0.183 e. The minimum absolute atomic E-state index is 0.0654. The fraction of sp³-hybridized carbons (Fsp3) is 0.143. The van der Waals surface area contributed by atoms with Gasteiger partial charge in [-0.25, -0.2) is 8.42 Å². The fourth-order valence-corrected chi connectivity index (χ4v) is 3.72. The molecule has 0 aliphatic carbocycles. The zero-order chi connectivity index (χ0) is 15.5. The second-order valence-corrected chi connectivity index (χ2v) is 8.21. The maximum absolute atomic E-state index is 12.3. The van der Waals surface area contributed by atoms with Gasteiger partial charge in [-0.15, -0.1) is 0 Å². The molecule has 7 heteroatoms. The molecule has 0 unspecified atom stereocenters. The van der Waals surface area contributed by atoms with Crippen molar-refractivity contribution >= 4 is 47.4 Å². The summed E-state index contributed by atoms with van der Waals surface area (Å²) in [7, 11) is -3.48. The Bertz CT molecular complexity index is 730. The monoisotopic (exact) mass is 433 g/mol. The standard InChI is InChI=1S/C14H13Br2NO3S/c15-10-1-4-12(5-2-10)20-7-8-21(18,19)14-9-11(16)3-6-13(14)17/h1-6,9H,7-8,17H2. The highest BCUT2D eigenvalue weighted by atomic mass is 79.9. The highest BCUT2D eigenvalue weighted by Crippen LogP contribution is 2.24. The predicted octanol–water partition coefficient (Wildman–Crippen LogP) is 3.65. The van der Waals surface area contributed by atoms with Crippen LogP contribution in [0.2, 0.25) is 0 Å². The van der Waals surface area contributed by atoms with Crippen LogP contribution in [0.3, 0.4) is 0 Å². The number of anilines is 1. The number of benzene rings is 2. The Hall–Kier alpha value is -1.05. The lowest BCUT2D eigenvalue weighted by Crippen LogP contribution is -2.15. The lowest BCUT2D eigenvalue weighted by atomic mass is 10.3. The molecule has 0 spiro atoms. The summed E-state index contributed by atoms with van der Waals surface area (Å²) in [5.74, 6) is 0.486. The topological polar surface area (TPSA) is 69.4 Å². The molecule has 2 rings (SSSR count). The van der Waals surface area contributed by atoms with Crippen molar-refractivity contribution in [2.75, 3.05) is 18.1 Å². The molecule has 0 aliphatic rings. The Morgan fingerprint density at radius 2 is 1.62 bits per heavy atom. The summed E-state index contributed by atoms with van der Waals surface area (Å²) in [4.78, 5) is 0.122. The maximum Gasteiger partial charge on any atom is 0.183 e. The molecule has 0 radical (unpaired) electrons. The van der Waals surface area contributed by atoms with Crippen LogP contribution in [0.5, 0.6) is 5.75 Å². The van der Waals surface area contributed by atoms with Gasteiger partial charge in [0.2, 0.25) is 0 Å². The van der Waals surface area contributed by atoms with Crippen molar-refractivity contribution in [3.8, 4) is 5.75 Å². The molecule has 2 aromatic carbocycles. The van der Waals surface area contributed by atoms with Crippen molar-refractivity contribution in [1.82, 2.24) is 0 Å². The van der Waals surface area contributed by atoms with Crippen molar-refractivity contribution in [3.05, 3.63) is 51.4 Å². The highest BCUT2D eigenvalue weighted by molar-refractivity contribution is 9.10. The van der Waals surface area contributed by atoms with Gasteiger partial charge in [0.15, 0.2) is 9.84 Å². The van der Waals surface area contributed by atoms with Gasteiger partial charge in [-0.05, 0) is 42.5 Å². The Morgan fingerprint density at radius 3 is 2.29 bits per heavy atom. The summed E-state index contributed by atoms with van der Waals surface area (Å²) in [6.45, 7) is 0.0654. The van der Waals surface area contributed by atoms with Crippen LogP contribution < -0.4 is 10.5 Å². The predicted molar refractivity (Wildman–Crippen MR) is 90.2 cm³/mol. The van der Waals surface area contributed by atoms with Gasteiger partial charge < -0.3 is 10.5 Å². The van der Waals surface area contributed by atoms with E-state index in [0.29, 0.717) is 10.2 Å². The van der Waals surface area contributed by atoms with Gasteiger partial charge in [0.25, 0.3) is 0 Å². The minimum atomic E-state index is -3.48. The molecule has 4 nitrogen and oxygen atoms in total. The molecule has 0 saturated heterocycles. The summed E-state index contributed by atoms with van der Waals surface area (Å²) < 4.78 is 31.6. The van der Waals surface area contributed by atoms with Crippen LogP contribution in [0.15, 0.2) is 56.3 Å². The van der Waals surface area contributed by atoms with Crippen molar-refractivity contribution in [2.24, 2.45) is 0 Å². The number of halogens is 2. The average molecular weight is 435 g/mol. The van der Waals surface area contributed by atoms with Gasteiger partial charge in [-0.2, -0.15) is 0 Å². The third-order valence-electron chi connectivity index (χ3n) is 2.75. The van der Waals surface area contributed by atoms with Crippen LogP contribution in [0.4, 0.5) is 5.69 Å². The zero-order valence-corrected chi connectivity index (χ0v) is 14.9. The first-order chi connectivity index (χ1) is 9.88. The van der Waals surface area contributed by atoms with Crippen LogP contribution in [0.25, 0.3) is 0 Å². The molecule has 0 aliphatic heterocycles. The third-order valence-corrected chi connectivity index (χ3v) is 5.49. The van der Waals surface area contributed by atoms with Gasteiger partial charge in [-0.1, -0.05) is 31.9 Å². The van der Waals surface area contributed by atoms with E-state index in [4.69, 9.17) is 10.5 Å². The van der Waals surface area contributed by atoms with E-state index in [9.17, 15) is 8.42 Å². The molecule has 0 amide bonds. The van der Waals surface area contributed by atoms with Crippen LogP contribution in [0, 0.1) is 0 Å². The molecule has 21 heavy (non-hydrogen) atoms. The van der Waals surface area contributed by atoms with Crippen LogP contribution >= 0.6 is 31.9 Å². The molecule has 0 heterocycles. The van der Waals surface area contributed by atoms with Crippen molar-refractivity contribution < 1.29 is 13.2 Å². The number of hydrogen-bond acceptors (Lipinski definition) is 4. The van der Waals surface area contributed by atoms with Crippen LogP contribution in [-0.4, -0.2) is 20.8 Å². The number of ether oxygens (including phenoxy) is 1. The Morgan fingerprint density at radius 1 is 1.00 bits per heavy atom. The quantitative estimate of drug-likeness (QED) is 0.729. The van der Waals surface area contributed by atoms with Gasteiger partial charge in [0.05, 0.1) is 16.3 Å². The lowest BCUT2D eigenvalue weighted by Gasteiger charge is -2.09. The number of nitrogen functional groups attached to an aromatic ring is 1. The summed E-state index contributed by atoms with van der Waals surface area (Å²) in [6, 6.07) is 12.0. The third kappa shape index (κ3) is 4.46. The first-order valence-corrected chi connectivity index (χ1v) is 9.28. The van der Waals surface area contributed by atoms with E-state index < -0.39 is 9.84 Å². The fourth-order valence-electron chi connectivity index (χ4n) is 1.69. The summed E-state index contributed by atoms with van der Waals surface area (Å²) in [5, 5.41) is 0. The summed E-state index contributed by atoms with van der Waals surface area (Å²) in [6.07, 6.45) is 0.